The smallest absolute Gasteiger partial charge is 0.420 e. The van der Waals surface area contributed by atoms with Crippen LogP contribution in [0, 0.1) is 5.82 Å². The highest BCUT2D eigenvalue weighted by Crippen LogP contribution is 2.39. The molecule has 0 bridgehead atoms. The lowest BCUT2D eigenvalue weighted by atomic mass is 10.0. The lowest BCUT2D eigenvalue weighted by Gasteiger charge is -2.15. The van der Waals surface area contributed by atoms with Crippen LogP contribution in [0.5, 0.6) is 5.75 Å². The fourth-order valence-electron chi connectivity index (χ4n) is 1.31. The fraction of sp³-hybridized carbons (Fsp3) is 0.300. The molecule has 88 valence electrons. The van der Waals surface area contributed by atoms with Gasteiger partial charge in [-0.3, -0.25) is 4.79 Å². The van der Waals surface area contributed by atoms with Gasteiger partial charge in [-0.1, -0.05) is 0 Å². The zero-order valence-corrected chi connectivity index (χ0v) is 8.48. The monoisotopic (exact) mass is 236 g/mol. The Hall–Kier alpha value is -1.59. The SMILES string of the molecule is COc1cc(F)cc(C(C)=O)c1C(F)(F)F. The van der Waals surface area contributed by atoms with Crippen molar-refractivity contribution in [3.05, 3.63) is 29.1 Å². The number of ketones is 1. The number of halogens is 4. The molecule has 0 aliphatic rings. The molecule has 0 atom stereocenters. The van der Waals surface area contributed by atoms with E-state index in [1.54, 1.807) is 0 Å². The van der Waals surface area contributed by atoms with E-state index in [0.717, 1.165) is 14.0 Å². The molecule has 0 saturated heterocycles. The molecule has 0 aliphatic heterocycles. The van der Waals surface area contributed by atoms with Crippen molar-refractivity contribution in [1.29, 1.82) is 0 Å². The van der Waals surface area contributed by atoms with Crippen molar-refractivity contribution in [2.75, 3.05) is 7.11 Å². The summed E-state index contributed by atoms with van der Waals surface area (Å²) in [5, 5.41) is 0. The second kappa shape index (κ2) is 4.11. The molecule has 0 aliphatic carbocycles. The molecular formula is C10H8F4O2. The van der Waals surface area contributed by atoms with Crippen LogP contribution in [0.1, 0.15) is 22.8 Å². The summed E-state index contributed by atoms with van der Waals surface area (Å²) in [5.41, 5.74) is -1.98. The van der Waals surface area contributed by atoms with E-state index >= 15 is 0 Å². The molecule has 0 amide bonds. The number of benzene rings is 1. The van der Waals surface area contributed by atoms with E-state index in [1.165, 1.54) is 0 Å². The van der Waals surface area contributed by atoms with Crippen LogP contribution in [0.15, 0.2) is 12.1 Å². The number of Topliss-reactive ketones (excluding diaryl/α,β-unsaturated/α-hetero) is 1. The maximum atomic E-state index is 12.9. The average molecular weight is 236 g/mol. The highest BCUT2D eigenvalue weighted by Gasteiger charge is 2.38. The van der Waals surface area contributed by atoms with Gasteiger partial charge in [-0.05, 0) is 13.0 Å². The predicted octanol–water partition coefficient (Wildman–Crippen LogP) is 3.06. The van der Waals surface area contributed by atoms with Crippen LogP contribution in [0.2, 0.25) is 0 Å². The topological polar surface area (TPSA) is 26.3 Å². The van der Waals surface area contributed by atoms with Gasteiger partial charge in [-0.25, -0.2) is 4.39 Å². The molecule has 0 heterocycles. The van der Waals surface area contributed by atoms with E-state index in [2.05, 4.69) is 4.74 Å². The van der Waals surface area contributed by atoms with E-state index in [-0.39, 0.29) is 0 Å². The molecule has 0 aromatic heterocycles. The van der Waals surface area contributed by atoms with Gasteiger partial charge in [0.15, 0.2) is 5.78 Å². The van der Waals surface area contributed by atoms with E-state index in [0.29, 0.717) is 12.1 Å². The van der Waals surface area contributed by atoms with Gasteiger partial charge < -0.3 is 4.74 Å². The summed E-state index contributed by atoms with van der Waals surface area (Å²) in [4.78, 5) is 11.0. The first-order chi connectivity index (χ1) is 7.27. The number of hydrogen-bond acceptors (Lipinski definition) is 2. The summed E-state index contributed by atoms with van der Waals surface area (Å²) >= 11 is 0. The van der Waals surface area contributed by atoms with Gasteiger partial charge in [0, 0.05) is 11.6 Å². The van der Waals surface area contributed by atoms with Gasteiger partial charge in [-0.2, -0.15) is 13.2 Å². The third-order valence-corrected chi connectivity index (χ3v) is 1.95. The van der Waals surface area contributed by atoms with Gasteiger partial charge >= 0.3 is 6.18 Å². The second-order valence-electron chi connectivity index (χ2n) is 3.08. The Kier molecular flexibility index (Phi) is 3.21. The molecule has 6 heteroatoms. The van der Waals surface area contributed by atoms with E-state index < -0.39 is 34.7 Å². The first-order valence-corrected chi connectivity index (χ1v) is 4.23. The number of carbonyl (C=O) groups excluding carboxylic acids is 1. The largest absolute Gasteiger partial charge is 0.496 e. The number of rotatable bonds is 2. The molecule has 0 N–H and O–H groups in total. The Balaban J connectivity index is 3.58. The Morgan fingerprint density at radius 3 is 2.25 bits per heavy atom. The van der Waals surface area contributed by atoms with E-state index in [4.69, 9.17) is 0 Å². The molecule has 16 heavy (non-hydrogen) atoms. The number of alkyl halides is 3. The normalized spacial score (nSPS) is 11.4. The third kappa shape index (κ3) is 2.32. The van der Waals surface area contributed by atoms with Crippen molar-refractivity contribution >= 4 is 5.78 Å². The summed E-state index contributed by atoms with van der Waals surface area (Å²) in [7, 11) is 0.980. The van der Waals surface area contributed by atoms with Crippen molar-refractivity contribution in [3.63, 3.8) is 0 Å². The Morgan fingerprint density at radius 1 is 1.31 bits per heavy atom. The molecule has 1 rings (SSSR count). The summed E-state index contributed by atoms with van der Waals surface area (Å²) in [5.74, 6) is -2.52. The predicted molar refractivity (Wildman–Crippen MR) is 48.0 cm³/mol. The van der Waals surface area contributed by atoms with Crippen LogP contribution in [-0.4, -0.2) is 12.9 Å². The van der Waals surface area contributed by atoms with Gasteiger partial charge in [-0.15, -0.1) is 0 Å². The zero-order valence-electron chi connectivity index (χ0n) is 8.48. The van der Waals surface area contributed by atoms with Crippen LogP contribution < -0.4 is 4.74 Å². The molecular weight excluding hydrogens is 228 g/mol. The lowest BCUT2D eigenvalue weighted by molar-refractivity contribution is -0.139. The Labute approximate surface area is 88.8 Å². The minimum absolute atomic E-state index is 0.549. The highest BCUT2D eigenvalue weighted by atomic mass is 19.4. The van der Waals surface area contributed by atoms with Crippen molar-refractivity contribution in [2.24, 2.45) is 0 Å². The summed E-state index contributed by atoms with van der Waals surface area (Å²) < 4.78 is 55.3. The van der Waals surface area contributed by atoms with Crippen LogP contribution in [-0.2, 0) is 6.18 Å². The lowest BCUT2D eigenvalue weighted by Crippen LogP contribution is -2.14. The molecule has 0 saturated carbocycles. The van der Waals surface area contributed by atoms with Crippen molar-refractivity contribution < 1.29 is 27.1 Å². The minimum atomic E-state index is -4.76. The van der Waals surface area contributed by atoms with E-state index in [1.807, 2.05) is 0 Å². The number of methoxy groups -OCH3 is 1. The van der Waals surface area contributed by atoms with Crippen molar-refractivity contribution in [1.82, 2.24) is 0 Å². The van der Waals surface area contributed by atoms with Gasteiger partial charge in [0.25, 0.3) is 0 Å². The summed E-state index contributed by atoms with van der Waals surface area (Å²) in [6.45, 7) is 0.934. The standard InChI is InChI=1S/C10H8F4O2/c1-5(15)7-3-6(11)4-8(16-2)9(7)10(12,13)14/h3-4H,1-2H3. The summed E-state index contributed by atoms with van der Waals surface area (Å²) in [6.07, 6.45) is -4.76. The zero-order chi connectivity index (χ0) is 12.5. The first-order valence-electron chi connectivity index (χ1n) is 4.23. The maximum absolute atomic E-state index is 12.9. The quantitative estimate of drug-likeness (QED) is 0.582. The van der Waals surface area contributed by atoms with Crippen LogP contribution in [0.25, 0.3) is 0 Å². The number of ether oxygens (including phenoxy) is 1. The van der Waals surface area contributed by atoms with Crippen LogP contribution in [0.3, 0.4) is 0 Å². The molecule has 0 unspecified atom stereocenters. The summed E-state index contributed by atoms with van der Waals surface area (Å²) in [6, 6.07) is 1.14. The molecule has 0 spiro atoms. The van der Waals surface area contributed by atoms with Crippen LogP contribution >= 0.6 is 0 Å². The van der Waals surface area contributed by atoms with Gasteiger partial charge in [0.1, 0.15) is 17.1 Å². The third-order valence-electron chi connectivity index (χ3n) is 1.95. The van der Waals surface area contributed by atoms with Crippen molar-refractivity contribution in [3.8, 4) is 5.75 Å². The molecule has 2 nitrogen and oxygen atoms in total. The molecule has 0 fully saturated rings. The first kappa shape index (κ1) is 12.5. The molecule has 1 aromatic rings. The minimum Gasteiger partial charge on any atom is -0.496 e. The number of hydrogen-bond donors (Lipinski definition) is 0. The van der Waals surface area contributed by atoms with Gasteiger partial charge in [0.2, 0.25) is 0 Å². The molecule has 0 radical (unpaired) electrons. The maximum Gasteiger partial charge on any atom is 0.420 e. The van der Waals surface area contributed by atoms with Crippen molar-refractivity contribution in [2.45, 2.75) is 13.1 Å². The number of carbonyl (C=O) groups is 1. The highest BCUT2D eigenvalue weighted by molar-refractivity contribution is 5.96. The second-order valence-corrected chi connectivity index (χ2v) is 3.08. The Bertz CT molecular complexity index is 424. The van der Waals surface area contributed by atoms with Crippen LogP contribution in [0.4, 0.5) is 17.6 Å². The van der Waals surface area contributed by atoms with Gasteiger partial charge in [0.05, 0.1) is 7.11 Å². The van der Waals surface area contributed by atoms with E-state index in [9.17, 15) is 22.4 Å². The Morgan fingerprint density at radius 2 is 1.88 bits per heavy atom. The fourth-order valence-corrected chi connectivity index (χ4v) is 1.31. The molecule has 1 aromatic carbocycles. The average Bonchev–Trinajstić information content (AvgIpc) is 2.14.